The van der Waals surface area contributed by atoms with Crippen LogP contribution in [0.25, 0.3) is 6.08 Å². The largest absolute Gasteiger partial charge is 0.369 e. The summed E-state index contributed by atoms with van der Waals surface area (Å²) in [6.45, 7) is 2.00. The van der Waals surface area contributed by atoms with Gasteiger partial charge in [-0.05, 0) is 54.3 Å². The van der Waals surface area contributed by atoms with Crippen LogP contribution in [0.15, 0.2) is 48.5 Å². The van der Waals surface area contributed by atoms with Crippen molar-refractivity contribution in [3.63, 3.8) is 0 Å². The van der Waals surface area contributed by atoms with Crippen LogP contribution in [0.1, 0.15) is 16.7 Å². The molecule has 2 aromatic carbocycles. The maximum absolute atomic E-state index is 12.9. The summed E-state index contributed by atoms with van der Waals surface area (Å²) in [6.07, 6.45) is 3.34. The molecule has 2 aromatic rings. The predicted molar refractivity (Wildman–Crippen MR) is 101 cm³/mol. The first-order valence-electron chi connectivity index (χ1n) is 8.11. The van der Waals surface area contributed by atoms with Crippen LogP contribution in [0, 0.1) is 18.7 Å². The van der Waals surface area contributed by atoms with Crippen LogP contribution in [-0.4, -0.2) is 18.4 Å². The van der Waals surface area contributed by atoms with Crippen LogP contribution in [0.4, 0.5) is 4.39 Å². The minimum Gasteiger partial charge on any atom is -0.369 e. The average Bonchev–Trinajstić information content (AvgIpc) is 2.61. The highest BCUT2D eigenvalue weighted by Gasteiger charge is 2.16. The van der Waals surface area contributed by atoms with Crippen LogP contribution >= 0.6 is 11.6 Å². The molecule has 4 nitrogen and oxygen atoms in total. The highest BCUT2D eigenvalue weighted by Crippen LogP contribution is 2.17. The maximum atomic E-state index is 12.9. The highest BCUT2D eigenvalue weighted by atomic mass is 35.5. The molecule has 6 heteroatoms. The number of nitrogens with one attached hydrogen (secondary N) is 1. The lowest BCUT2D eigenvalue weighted by atomic mass is 9.98. The van der Waals surface area contributed by atoms with Gasteiger partial charge in [0.1, 0.15) is 5.82 Å². The van der Waals surface area contributed by atoms with Gasteiger partial charge in [0.25, 0.3) is 0 Å². The molecule has 0 spiro atoms. The molecular weight excluding hydrogens is 355 g/mol. The Bertz CT molecular complexity index is 819. The van der Waals surface area contributed by atoms with Crippen molar-refractivity contribution in [2.24, 2.45) is 11.7 Å². The van der Waals surface area contributed by atoms with E-state index in [0.717, 1.165) is 16.7 Å². The zero-order valence-corrected chi connectivity index (χ0v) is 15.1. The fraction of sp³-hybridized carbons (Fsp3) is 0.200. The Morgan fingerprint density at radius 3 is 2.54 bits per heavy atom. The summed E-state index contributed by atoms with van der Waals surface area (Å²) in [5, 5.41) is 3.28. The Morgan fingerprint density at radius 1 is 1.23 bits per heavy atom. The topological polar surface area (TPSA) is 72.2 Å². The van der Waals surface area contributed by atoms with E-state index >= 15 is 0 Å². The van der Waals surface area contributed by atoms with Gasteiger partial charge in [-0.3, -0.25) is 9.59 Å². The zero-order chi connectivity index (χ0) is 19.1. The molecule has 1 unspecified atom stereocenters. The summed E-state index contributed by atoms with van der Waals surface area (Å²) in [7, 11) is 0. The molecule has 3 N–H and O–H groups in total. The number of nitrogens with two attached hydrogens (primary N) is 1. The van der Waals surface area contributed by atoms with Gasteiger partial charge in [-0.15, -0.1) is 0 Å². The van der Waals surface area contributed by atoms with Crippen LogP contribution in [0.3, 0.4) is 0 Å². The van der Waals surface area contributed by atoms with Gasteiger partial charge in [-0.2, -0.15) is 0 Å². The number of amides is 2. The fourth-order valence-electron chi connectivity index (χ4n) is 2.35. The Kier molecular flexibility index (Phi) is 6.92. The Labute approximate surface area is 156 Å². The molecule has 136 valence electrons. The van der Waals surface area contributed by atoms with Crippen molar-refractivity contribution in [3.8, 4) is 0 Å². The van der Waals surface area contributed by atoms with Gasteiger partial charge in [0.05, 0.1) is 5.92 Å². The smallest absolute Gasteiger partial charge is 0.244 e. The van der Waals surface area contributed by atoms with Gasteiger partial charge in [0, 0.05) is 17.6 Å². The summed E-state index contributed by atoms with van der Waals surface area (Å²) in [5.41, 5.74) is 7.93. The van der Waals surface area contributed by atoms with E-state index < -0.39 is 11.8 Å². The van der Waals surface area contributed by atoms with E-state index in [1.807, 2.05) is 19.1 Å². The first-order valence-corrected chi connectivity index (χ1v) is 8.49. The Hall–Kier alpha value is -2.66. The molecule has 0 saturated heterocycles. The van der Waals surface area contributed by atoms with Crippen LogP contribution in [-0.2, 0) is 16.0 Å². The summed E-state index contributed by atoms with van der Waals surface area (Å²) in [6, 6.07) is 11.3. The average molecular weight is 375 g/mol. The van der Waals surface area contributed by atoms with Crippen molar-refractivity contribution in [3.05, 3.63) is 76.1 Å². The molecular formula is C20H20ClFN2O2. The summed E-state index contributed by atoms with van der Waals surface area (Å²) in [4.78, 5) is 23.6. The first kappa shape index (κ1) is 19.7. The predicted octanol–water partition coefficient (Wildman–Crippen LogP) is 3.26. The van der Waals surface area contributed by atoms with Gasteiger partial charge >= 0.3 is 0 Å². The Morgan fingerprint density at radius 2 is 1.92 bits per heavy atom. The van der Waals surface area contributed by atoms with Crippen molar-refractivity contribution in [1.29, 1.82) is 0 Å². The number of halogens is 2. The second kappa shape index (κ2) is 9.15. The second-order valence-electron chi connectivity index (χ2n) is 6.02. The van der Waals surface area contributed by atoms with E-state index in [-0.39, 0.29) is 18.3 Å². The van der Waals surface area contributed by atoms with Crippen molar-refractivity contribution in [1.82, 2.24) is 5.32 Å². The highest BCUT2D eigenvalue weighted by molar-refractivity contribution is 6.31. The van der Waals surface area contributed by atoms with Crippen molar-refractivity contribution >= 4 is 29.5 Å². The van der Waals surface area contributed by atoms with E-state index in [1.165, 1.54) is 18.2 Å². The van der Waals surface area contributed by atoms with Crippen LogP contribution in [0.5, 0.6) is 0 Å². The molecule has 0 fully saturated rings. The number of rotatable bonds is 7. The number of carbonyl (C=O) groups is 2. The minimum atomic E-state index is -0.577. The number of primary amides is 1. The van der Waals surface area contributed by atoms with E-state index in [0.29, 0.717) is 11.4 Å². The first-order chi connectivity index (χ1) is 12.3. The van der Waals surface area contributed by atoms with Gasteiger partial charge in [-0.25, -0.2) is 4.39 Å². The molecule has 0 aliphatic rings. The van der Waals surface area contributed by atoms with Gasteiger partial charge in [-0.1, -0.05) is 35.9 Å². The summed E-state index contributed by atoms with van der Waals surface area (Å²) >= 11 is 6.04. The lowest BCUT2D eigenvalue weighted by molar-refractivity contribution is -0.122. The SMILES string of the molecule is Cc1ccc(/C=C/C(=O)NCC(Cc2ccc(F)cc2)C(N)=O)cc1Cl. The molecule has 0 heterocycles. The Balaban J connectivity index is 1.92. The number of aryl methyl sites for hydroxylation is 1. The molecule has 0 saturated carbocycles. The van der Waals surface area contributed by atoms with E-state index in [4.69, 9.17) is 17.3 Å². The molecule has 0 aliphatic carbocycles. The van der Waals surface area contributed by atoms with Crippen LogP contribution < -0.4 is 11.1 Å². The molecule has 0 radical (unpaired) electrons. The number of hydrogen-bond acceptors (Lipinski definition) is 2. The zero-order valence-electron chi connectivity index (χ0n) is 14.3. The van der Waals surface area contributed by atoms with Gasteiger partial charge in [0.15, 0.2) is 0 Å². The van der Waals surface area contributed by atoms with Gasteiger partial charge < -0.3 is 11.1 Å². The standard InChI is InChI=1S/C20H20ClFN2O2/c1-13-2-3-15(11-18(13)21)6-9-19(25)24-12-16(20(23)26)10-14-4-7-17(22)8-5-14/h2-9,11,16H,10,12H2,1H3,(H2,23,26)(H,24,25)/b9-6+. The van der Waals surface area contributed by atoms with E-state index in [9.17, 15) is 14.0 Å². The monoisotopic (exact) mass is 374 g/mol. The maximum Gasteiger partial charge on any atom is 0.244 e. The van der Waals surface area contributed by atoms with E-state index in [2.05, 4.69) is 5.32 Å². The summed E-state index contributed by atoms with van der Waals surface area (Å²) < 4.78 is 12.9. The van der Waals surface area contributed by atoms with Crippen molar-refractivity contribution in [2.45, 2.75) is 13.3 Å². The molecule has 0 aliphatic heterocycles. The quantitative estimate of drug-likeness (QED) is 0.730. The normalized spacial score (nSPS) is 12.1. The number of hydrogen-bond donors (Lipinski definition) is 2. The summed E-state index contributed by atoms with van der Waals surface area (Å²) in [5.74, 6) is -1.79. The van der Waals surface area contributed by atoms with Crippen molar-refractivity contribution in [2.75, 3.05) is 6.54 Å². The molecule has 2 rings (SSSR count). The third-order valence-corrected chi connectivity index (χ3v) is 4.35. The second-order valence-corrected chi connectivity index (χ2v) is 6.42. The molecule has 0 bridgehead atoms. The van der Waals surface area contributed by atoms with E-state index in [1.54, 1.807) is 24.3 Å². The third kappa shape index (κ3) is 6.01. The molecule has 0 aromatic heterocycles. The fourth-order valence-corrected chi connectivity index (χ4v) is 2.53. The van der Waals surface area contributed by atoms with Crippen LogP contribution in [0.2, 0.25) is 5.02 Å². The third-order valence-electron chi connectivity index (χ3n) is 3.94. The molecule has 2 amide bonds. The number of benzene rings is 2. The number of carbonyl (C=O) groups excluding carboxylic acids is 2. The molecule has 26 heavy (non-hydrogen) atoms. The minimum absolute atomic E-state index is 0.102. The molecule has 1 atom stereocenters. The van der Waals surface area contributed by atoms with Crippen molar-refractivity contribution < 1.29 is 14.0 Å². The lowest BCUT2D eigenvalue weighted by Gasteiger charge is -2.13. The van der Waals surface area contributed by atoms with Gasteiger partial charge in [0.2, 0.25) is 11.8 Å². The lowest BCUT2D eigenvalue weighted by Crippen LogP contribution is -2.36.